The van der Waals surface area contributed by atoms with Crippen LogP contribution in [0, 0.1) is 11.3 Å². The number of allylic oxidation sites excluding steroid dienone is 4. The van der Waals surface area contributed by atoms with Crippen LogP contribution in [0.25, 0.3) is 5.57 Å². The Morgan fingerprint density at radius 1 is 1.04 bits per heavy atom. The number of likely N-dealkylation sites (tertiary alicyclic amines) is 1. The molecule has 1 aromatic heterocycles. The summed E-state index contributed by atoms with van der Waals surface area (Å²) in [5, 5.41) is 13.3. The number of carbonyl (C=O) groups is 7. The number of hydrogen-bond donors (Lipinski definition) is 2. The molecule has 2 unspecified atom stereocenters. The summed E-state index contributed by atoms with van der Waals surface area (Å²) in [6.07, 6.45) is 5.41. The highest BCUT2D eigenvalue weighted by atomic mass is 16.6. The van der Waals surface area contributed by atoms with Crippen molar-refractivity contribution in [2.24, 2.45) is 11.3 Å². The molecule has 0 spiro atoms. The Morgan fingerprint density at radius 3 is 2.44 bits per heavy atom. The minimum atomic E-state index is -1.96. The summed E-state index contributed by atoms with van der Waals surface area (Å²) in [5.41, 5.74) is -1.55. The van der Waals surface area contributed by atoms with E-state index in [1.807, 2.05) is 41.0 Å². The number of aliphatic carboxylic acids is 1. The van der Waals surface area contributed by atoms with Crippen molar-refractivity contribution in [2.45, 2.75) is 95.4 Å². The summed E-state index contributed by atoms with van der Waals surface area (Å²) < 4.78 is 17.7. The molecule has 2 N–H and O–H groups in total. The van der Waals surface area contributed by atoms with Crippen LogP contribution < -0.4 is 5.32 Å². The van der Waals surface area contributed by atoms with Crippen molar-refractivity contribution in [3.05, 3.63) is 77.6 Å². The van der Waals surface area contributed by atoms with Crippen LogP contribution >= 0.6 is 0 Å². The van der Waals surface area contributed by atoms with Gasteiger partial charge in [-0.3, -0.25) is 24.1 Å². The lowest BCUT2D eigenvalue weighted by Crippen LogP contribution is -2.57. The molecule has 3 heterocycles. The number of benzene rings is 1. The number of nitrogens with one attached hydrogen (secondary N) is 1. The van der Waals surface area contributed by atoms with Crippen molar-refractivity contribution in [3.63, 3.8) is 0 Å². The summed E-state index contributed by atoms with van der Waals surface area (Å²) >= 11 is 0. The van der Waals surface area contributed by atoms with E-state index in [9.17, 15) is 38.7 Å². The van der Waals surface area contributed by atoms with Gasteiger partial charge in [-0.2, -0.15) is 0 Å². The smallest absolute Gasteiger partial charge is 0.411 e. The van der Waals surface area contributed by atoms with Crippen LogP contribution in [0.3, 0.4) is 0 Å². The van der Waals surface area contributed by atoms with Gasteiger partial charge in [-0.15, -0.1) is 0 Å². The second-order valence-electron chi connectivity index (χ2n) is 15.7. The number of carboxylic acid groups (broad SMARTS) is 1. The van der Waals surface area contributed by atoms with Crippen LogP contribution in [0.15, 0.2) is 60.8 Å². The molecule has 2 aliphatic heterocycles. The molecule has 292 valence electrons. The fourth-order valence-electron chi connectivity index (χ4n) is 8.32. The minimum absolute atomic E-state index is 0.0306. The van der Waals surface area contributed by atoms with Gasteiger partial charge in [-0.05, 0) is 75.6 Å². The van der Waals surface area contributed by atoms with Crippen molar-refractivity contribution in [1.82, 2.24) is 14.8 Å². The number of amides is 2. The summed E-state index contributed by atoms with van der Waals surface area (Å²) in [4.78, 5) is 95.7. The average Bonchev–Trinajstić information content (AvgIpc) is 3.74. The number of carboxylic acids is 1. The molecule has 1 saturated heterocycles. The number of rotatable bonds is 10. The normalized spacial score (nSPS) is 25.9. The number of methoxy groups -OCH3 is 1. The number of Topliss-reactive ketones (excluding diaryl/α,β-unsaturated/α-hetero) is 3. The van der Waals surface area contributed by atoms with Gasteiger partial charge >= 0.3 is 24.1 Å². The van der Waals surface area contributed by atoms with Gasteiger partial charge < -0.3 is 29.2 Å². The van der Waals surface area contributed by atoms with Crippen molar-refractivity contribution in [3.8, 4) is 0 Å². The van der Waals surface area contributed by atoms with Gasteiger partial charge in [-0.1, -0.05) is 48.6 Å². The van der Waals surface area contributed by atoms with Crippen LogP contribution in [0.5, 0.6) is 0 Å². The molecule has 2 aliphatic carbocycles. The van der Waals surface area contributed by atoms with Crippen molar-refractivity contribution in [1.29, 1.82) is 0 Å². The lowest BCUT2D eigenvalue weighted by atomic mass is 9.69. The largest absolute Gasteiger partial charge is 0.479 e. The summed E-state index contributed by atoms with van der Waals surface area (Å²) in [7, 11) is 1.24. The van der Waals surface area contributed by atoms with Gasteiger partial charge in [0.15, 0.2) is 23.7 Å². The average molecular weight is 758 g/mol. The highest BCUT2D eigenvalue weighted by Crippen LogP contribution is 2.42. The second kappa shape index (κ2) is 15.3. The van der Waals surface area contributed by atoms with E-state index in [0.717, 1.165) is 27.3 Å². The zero-order valence-corrected chi connectivity index (χ0v) is 31.5. The third-order valence-electron chi connectivity index (χ3n) is 11.1. The molecule has 2 aromatic rings. The van der Waals surface area contributed by atoms with E-state index in [2.05, 4.69) is 5.32 Å². The Labute approximate surface area is 318 Å². The van der Waals surface area contributed by atoms with Crippen LogP contribution in [0.2, 0.25) is 0 Å². The van der Waals surface area contributed by atoms with Gasteiger partial charge in [0.1, 0.15) is 16.8 Å². The zero-order valence-electron chi connectivity index (χ0n) is 31.5. The first kappa shape index (κ1) is 39.2. The van der Waals surface area contributed by atoms with E-state index in [0.29, 0.717) is 19.3 Å². The molecule has 0 saturated carbocycles. The van der Waals surface area contributed by atoms with Gasteiger partial charge in [0.05, 0.1) is 18.9 Å². The number of ether oxygens (including phenoxy) is 3. The molecular weight excluding hydrogens is 710 g/mol. The third-order valence-corrected chi connectivity index (χ3v) is 11.1. The molecule has 5 atom stereocenters. The third kappa shape index (κ3) is 7.72. The predicted octanol–water partition coefficient (Wildman–Crippen LogP) is 4.79. The summed E-state index contributed by atoms with van der Waals surface area (Å²) in [5.74, 6) is -5.64. The SMILES string of the molecule is COC(=O)N[C@H]1CCc2ccn3c2C1C(=O)C[C@H](C(=O)OCC(=O)C1(C(=O)C[C@]2(C(=O)O)CCCN2C(=O)OC(C)(C)C)C=CC(c2ccccc2)=CC1)C3. The molecule has 6 rings (SSSR count). The molecule has 0 bridgehead atoms. The van der Waals surface area contributed by atoms with Crippen LogP contribution in [0.1, 0.15) is 82.0 Å². The lowest BCUT2D eigenvalue weighted by Gasteiger charge is -2.38. The van der Waals surface area contributed by atoms with Crippen molar-refractivity contribution in [2.75, 3.05) is 20.3 Å². The number of ketones is 3. The molecular formula is C41H47N3O11. The summed E-state index contributed by atoms with van der Waals surface area (Å²) in [6.45, 7) is 4.29. The monoisotopic (exact) mass is 757 g/mol. The highest BCUT2D eigenvalue weighted by Gasteiger charge is 2.56. The van der Waals surface area contributed by atoms with E-state index >= 15 is 0 Å². The first-order valence-corrected chi connectivity index (χ1v) is 18.6. The molecule has 1 aromatic carbocycles. The molecule has 55 heavy (non-hydrogen) atoms. The molecule has 2 amide bonds. The number of carbonyl (C=O) groups excluding carboxylic acids is 6. The lowest BCUT2D eigenvalue weighted by molar-refractivity contribution is -0.158. The first-order valence-electron chi connectivity index (χ1n) is 18.6. The van der Waals surface area contributed by atoms with Gasteiger partial charge in [-0.25, -0.2) is 14.4 Å². The van der Waals surface area contributed by atoms with E-state index in [4.69, 9.17) is 14.2 Å². The van der Waals surface area contributed by atoms with Gasteiger partial charge in [0, 0.05) is 43.9 Å². The topological polar surface area (TPSA) is 188 Å². The Morgan fingerprint density at radius 2 is 1.78 bits per heavy atom. The molecule has 14 heteroatoms. The number of nitrogens with zero attached hydrogens (tertiary/aromatic N) is 2. The summed E-state index contributed by atoms with van der Waals surface area (Å²) in [6, 6.07) is 10.7. The van der Waals surface area contributed by atoms with Crippen molar-refractivity contribution >= 4 is 47.0 Å². The van der Waals surface area contributed by atoms with Crippen LogP contribution in [0.4, 0.5) is 9.59 Å². The maximum absolute atomic E-state index is 14.5. The Kier molecular flexibility index (Phi) is 10.9. The van der Waals surface area contributed by atoms with E-state index < -0.39 is 83.2 Å². The standard InChI is InChI=1S/C41H47N3O11/c1-39(2,3)55-38(52)44-19-8-16-41(44,36(49)50)22-31(46)40(17-13-26(14-18-40)25-9-6-5-7-10-25)32(47)24-54-35(48)28-21-30(45)33-29(42-37(51)53-4)12-11-27-15-20-43(23-28)34(27)33/h5-7,9-10,13-15,17,20,28-29,33H,8,11-12,16,18-19,21-24H2,1-4H3,(H,42,51)(H,49,50)/t28-,29-,33?,40?,41-/m0/s1. The Bertz CT molecular complexity index is 1960. The minimum Gasteiger partial charge on any atom is -0.479 e. The van der Waals surface area contributed by atoms with E-state index in [1.54, 1.807) is 39.1 Å². The van der Waals surface area contributed by atoms with E-state index in [1.165, 1.54) is 13.2 Å². The van der Waals surface area contributed by atoms with Crippen LogP contribution in [-0.4, -0.2) is 93.5 Å². The number of esters is 1. The fraction of sp³-hybridized carbons (Fsp3) is 0.488. The quantitative estimate of drug-likeness (QED) is 0.193. The molecule has 4 aliphatic rings. The second-order valence-corrected chi connectivity index (χ2v) is 15.7. The predicted molar refractivity (Wildman–Crippen MR) is 197 cm³/mol. The number of aryl methyl sites for hydroxylation is 1. The number of alkyl carbamates (subject to hydrolysis) is 1. The maximum atomic E-state index is 14.5. The first-order chi connectivity index (χ1) is 26.1. The van der Waals surface area contributed by atoms with Crippen molar-refractivity contribution < 1.29 is 52.9 Å². The maximum Gasteiger partial charge on any atom is 0.411 e. The number of hydrogen-bond acceptors (Lipinski definition) is 10. The van der Waals surface area contributed by atoms with Crippen LogP contribution in [-0.2, 0) is 51.1 Å². The molecule has 1 fully saturated rings. The highest BCUT2D eigenvalue weighted by molar-refractivity contribution is 6.12. The van der Waals surface area contributed by atoms with Gasteiger partial charge in [0.2, 0.25) is 0 Å². The molecule has 14 nitrogen and oxygen atoms in total. The number of aromatic nitrogens is 1. The fourth-order valence-corrected chi connectivity index (χ4v) is 8.32. The zero-order chi connectivity index (χ0) is 39.7. The van der Waals surface area contributed by atoms with E-state index in [-0.39, 0.29) is 38.1 Å². The molecule has 0 radical (unpaired) electrons. The Balaban J connectivity index is 1.24. The Hall–Kier alpha value is -5.53. The van der Waals surface area contributed by atoms with Gasteiger partial charge in [0.25, 0.3) is 0 Å².